The van der Waals surface area contributed by atoms with Crippen LogP contribution in [0, 0.1) is 6.92 Å². The molecule has 0 fully saturated rings. The Labute approximate surface area is 113 Å². The van der Waals surface area contributed by atoms with Crippen molar-refractivity contribution in [3.8, 4) is 0 Å². The van der Waals surface area contributed by atoms with Crippen molar-refractivity contribution >= 4 is 11.5 Å². The Morgan fingerprint density at radius 1 is 1.32 bits per heavy atom. The highest BCUT2D eigenvalue weighted by Gasteiger charge is 2.19. The second-order valence-corrected chi connectivity index (χ2v) is 5.21. The van der Waals surface area contributed by atoms with Crippen molar-refractivity contribution in [2.45, 2.75) is 32.2 Å². The molecule has 3 nitrogen and oxygen atoms in total. The van der Waals surface area contributed by atoms with E-state index in [2.05, 4.69) is 34.6 Å². The van der Waals surface area contributed by atoms with Crippen molar-refractivity contribution in [1.82, 2.24) is 4.98 Å². The van der Waals surface area contributed by atoms with Crippen LogP contribution in [0.5, 0.6) is 0 Å². The predicted molar refractivity (Wildman–Crippen MR) is 79.1 cm³/mol. The van der Waals surface area contributed by atoms with Crippen LogP contribution in [0.1, 0.15) is 35.6 Å². The Kier molecular flexibility index (Phi) is 3.11. The minimum Gasteiger partial charge on any atom is -0.397 e. The Bertz CT molecular complexity index is 592. The number of aromatic nitrogens is 1. The van der Waals surface area contributed by atoms with Gasteiger partial charge in [0.15, 0.2) is 0 Å². The lowest BCUT2D eigenvalue weighted by Gasteiger charge is -2.27. The smallest absolute Gasteiger partial charge is 0.126 e. The molecule has 98 valence electrons. The number of nitrogens with zero attached hydrogens (tertiary/aromatic N) is 1. The highest BCUT2D eigenvalue weighted by atomic mass is 15.0. The van der Waals surface area contributed by atoms with Gasteiger partial charge in [-0.3, -0.25) is 0 Å². The lowest BCUT2D eigenvalue weighted by Crippen LogP contribution is -2.18. The van der Waals surface area contributed by atoms with Gasteiger partial charge in [-0.2, -0.15) is 0 Å². The van der Waals surface area contributed by atoms with E-state index in [0.717, 1.165) is 23.5 Å². The third-order valence-electron chi connectivity index (χ3n) is 3.84. The fraction of sp³-hybridized carbons (Fsp3) is 0.312. The van der Waals surface area contributed by atoms with E-state index in [1.807, 2.05) is 13.0 Å². The van der Waals surface area contributed by atoms with Crippen molar-refractivity contribution in [3.63, 3.8) is 0 Å². The molecule has 1 atom stereocenters. The normalized spacial score (nSPS) is 17.8. The van der Waals surface area contributed by atoms with Gasteiger partial charge in [0.2, 0.25) is 0 Å². The molecule has 2 aromatic rings. The molecule has 1 aliphatic carbocycles. The molecule has 1 aromatic heterocycles. The molecule has 1 aliphatic rings. The summed E-state index contributed by atoms with van der Waals surface area (Å²) in [7, 11) is 0. The lowest BCUT2D eigenvalue weighted by molar-refractivity contribution is 0.598. The summed E-state index contributed by atoms with van der Waals surface area (Å²) in [6, 6.07) is 11.1. The van der Waals surface area contributed by atoms with Gasteiger partial charge in [0, 0.05) is 0 Å². The molecule has 19 heavy (non-hydrogen) atoms. The van der Waals surface area contributed by atoms with Crippen LogP contribution in [-0.4, -0.2) is 4.98 Å². The molecule has 1 aromatic carbocycles. The van der Waals surface area contributed by atoms with Gasteiger partial charge in [-0.15, -0.1) is 0 Å². The van der Waals surface area contributed by atoms with Crippen molar-refractivity contribution in [3.05, 3.63) is 53.2 Å². The van der Waals surface area contributed by atoms with E-state index in [1.54, 1.807) is 6.20 Å². The minimum atomic E-state index is 0.362. The van der Waals surface area contributed by atoms with Crippen LogP contribution in [0.4, 0.5) is 11.5 Å². The van der Waals surface area contributed by atoms with E-state index in [9.17, 15) is 0 Å². The van der Waals surface area contributed by atoms with Crippen molar-refractivity contribution in [2.75, 3.05) is 11.1 Å². The van der Waals surface area contributed by atoms with Gasteiger partial charge in [-0.25, -0.2) is 4.98 Å². The fourth-order valence-electron chi connectivity index (χ4n) is 2.73. The summed E-state index contributed by atoms with van der Waals surface area (Å²) < 4.78 is 0. The Hall–Kier alpha value is -2.03. The maximum atomic E-state index is 5.81. The molecule has 0 saturated carbocycles. The average Bonchev–Trinajstić information content (AvgIpc) is 2.43. The third kappa shape index (κ3) is 2.41. The molecule has 1 unspecified atom stereocenters. The van der Waals surface area contributed by atoms with Crippen LogP contribution in [0.2, 0.25) is 0 Å². The standard InChI is InChI=1S/C16H19N3/c1-11-9-16(18-10-14(11)17)19-15-8-4-6-12-5-2-3-7-13(12)15/h2-3,5,7,9-10,15H,4,6,8,17H2,1H3,(H,18,19). The van der Waals surface area contributed by atoms with Crippen molar-refractivity contribution in [1.29, 1.82) is 0 Å². The molecule has 3 heteroatoms. The number of aryl methyl sites for hydroxylation is 2. The maximum absolute atomic E-state index is 5.81. The van der Waals surface area contributed by atoms with E-state index in [-0.39, 0.29) is 0 Å². The SMILES string of the molecule is Cc1cc(NC2CCCc3ccccc32)ncc1N. The number of nitrogens with two attached hydrogens (primary N) is 1. The number of benzene rings is 1. The minimum absolute atomic E-state index is 0.362. The summed E-state index contributed by atoms with van der Waals surface area (Å²) in [6.07, 6.45) is 5.29. The van der Waals surface area contributed by atoms with E-state index in [4.69, 9.17) is 5.73 Å². The van der Waals surface area contributed by atoms with Gasteiger partial charge in [0.1, 0.15) is 5.82 Å². The number of anilines is 2. The number of hydrogen-bond acceptors (Lipinski definition) is 3. The van der Waals surface area contributed by atoms with E-state index >= 15 is 0 Å². The molecule has 0 radical (unpaired) electrons. The molecule has 1 heterocycles. The third-order valence-corrected chi connectivity index (χ3v) is 3.84. The molecule has 0 saturated heterocycles. The molecular weight excluding hydrogens is 234 g/mol. The maximum Gasteiger partial charge on any atom is 0.126 e. The summed E-state index contributed by atoms with van der Waals surface area (Å²) in [4.78, 5) is 4.37. The van der Waals surface area contributed by atoms with Crippen molar-refractivity contribution < 1.29 is 0 Å². The van der Waals surface area contributed by atoms with Gasteiger partial charge < -0.3 is 11.1 Å². The van der Waals surface area contributed by atoms with Crippen LogP contribution in [0.3, 0.4) is 0 Å². The fourth-order valence-corrected chi connectivity index (χ4v) is 2.73. The molecule has 0 aliphatic heterocycles. The second-order valence-electron chi connectivity index (χ2n) is 5.21. The predicted octanol–water partition coefficient (Wildman–Crippen LogP) is 3.46. The summed E-state index contributed by atoms with van der Waals surface area (Å²) in [5.74, 6) is 0.911. The lowest BCUT2D eigenvalue weighted by atomic mass is 9.88. The van der Waals surface area contributed by atoms with E-state index < -0.39 is 0 Å². The summed E-state index contributed by atoms with van der Waals surface area (Å²) in [5.41, 5.74) is 10.5. The van der Waals surface area contributed by atoms with E-state index in [0.29, 0.717) is 6.04 Å². The van der Waals surface area contributed by atoms with Gasteiger partial charge in [0.25, 0.3) is 0 Å². The topological polar surface area (TPSA) is 50.9 Å². The monoisotopic (exact) mass is 253 g/mol. The number of rotatable bonds is 2. The number of fused-ring (bicyclic) bond motifs is 1. The van der Waals surface area contributed by atoms with Gasteiger partial charge in [-0.1, -0.05) is 24.3 Å². The van der Waals surface area contributed by atoms with Crippen LogP contribution in [0.25, 0.3) is 0 Å². The second kappa shape index (κ2) is 4.92. The summed E-state index contributed by atoms with van der Waals surface area (Å²) >= 11 is 0. The molecular formula is C16H19N3. The van der Waals surface area contributed by atoms with Crippen molar-refractivity contribution in [2.24, 2.45) is 0 Å². The zero-order chi connectivity index (χ0) is 13.2. The van der Waals surface area contributed by atoms with Gasteiger partial charge in [0.05, 0.1) is 17.9 Å². The Morgan fingerprint density at radius 2 is 2.16 bits per heavy atom. The Morgan fingerprint density at radius 3 is 3.00 bits per heavy atom. The molecule has 3 rings (SSSR count). The van der Waals surface area contributed by atoms with Gasteiger partial charge in [-0.05, 0) is 48.9 Å². The van der Waals surface area contributed by atoms with Crippen LogP contribution in [0.15, 0.2) is 36.5 Å². The first-order valence-corrected chi connectivity index (χ1v) is 6.80. The summed E-state index contributed by atoms with van der Waals surface area (Å²) in [6.45, 7) is 2.01. The highest BCUT2D eigenvalue weighted by molar-refractivity contribution is 5.52. The van der Waals surface area contributed by atoms with Crippen LogP contribution < -0.4 is 11.1 Å². The molecule has 0 spiro atoms. The number of pyridine rings is 1. The Balaban J connectivity index is 1.86. The largest absolute Gasteiger partial charge is 0.397 e. The van der Waals surface area contributed by atoms with Gasteiger partial charge >= 0.3 is 0 Å². The first kappa shape index (κ1) is 12.0. The molecule has 0 bridgehead atoms. The zero-order valence-corrected chi connectivity index (χ0v) is 11.2. The zero-order valence-electron chi connectivity index (χ0n) is 11.2. The van der Waals surface area contributed by atoms with E-state index in [1.165, 1.54) is 24.0 Å². The average molecular weight is 253 g/mol. The first-order chi connectivity index (χ1) is 9.24. The molecule has 0 amide bonds. The van der Waals surface area contributed by atoms with Crippen LogP contribution >= 0.6 is 0 Å². The number of hydrogen-bond donors (Lipinski definition) is 2. The molecule has 3 N–H and O–H groups in total. The summed E-state index contributed by atoms with van der Waals surface area (Å²) in [5, 5.41) is 3.54. The highest BCUT2D eigenvalue weighted by Crippen LogP contribution is 2.32. The van der Waals surface area contributed by atoms with Crippen LogP contribution in [-0.2, 0) is 6.42 Å². The quantitative estimate of drug-likeness (QED) is 0.861. The first-order valence-electron chi connectivity index (χ1n) is 6.80. The number of nitrogen functional groups attached to an aromatic ring is 1. The number of nitrogens with one attached hydrogen (secondary N) is 1.